The average molecular weight is 311 g/mol. The van der Waals surface area contributed by atoms with E-state index in [9.17, 15) is 4.79 Å². The highest BCUT2D eigenvalue weighted by molar-refractivity contribution is 6.33. The van der Waals surface area contributed by atoms with E-state index in [4.69, 9.17) is 17.3 Å². The van der Waals surface area contributed by atoms with Gasteiger partial charge in [0, 0.05) is 25.3 Å². The van der Waals surface area contributed by atoms with Crippen LogP contribution in [0.4, 0.5) is 5.82 Å². The zero-order valence-electron chi connectivity index (χ0n) is 12.4. The molecule has 3 N–H and O–H groups in total. The molecule has 116 valence electrons. The molecule has 0 bridgehead atoms. The Kier molecular flexibility index (Phi) is 5.82. The summed E-state index contributed by atoms with van der Waals surface area (Å²) in [6.45, 7) is 5.14. The lowest BCUT2D eigenvalue weighted by Gasteiger charge is -2.33. The molecule has 1 aromatic heterocycles. The fourth-order valence-corrected chi connectivity index (χ4v) is 2.81. The van der Waals surface area contributed by atoms with Crippen LogP contribution in [0.3, 0.4) is 0 Å². The number of pyridine rings is 1. The van der Waals surface area contributed by atoms with Crippen molar-refractivity contribution < 1.29 is 4.79 Å². The van der Waals surface area contributed by atoms with Crippen molar-refractivity contribution >= 4 is 23.3 Å². The largest absolute Gasteiger partial charge is 0.382 e. The average Bonchev–Trinajstić information content (AvgIpc) is 2.48. The third-order valence-corrected chi connectivity index (χ3v) is 4.28. The fraction of sp³-hybridized carbons (Fsp3) is 0.600. The van der Waals surface area contributed by atoms with E-state index in [1.54, 1.807) is 6.07 Å². The number of halogens is 1. The van der Waals surface area contributed by atoms with Gasteiger partial charge in [-0.2, -0.15) is 0 Å². The van der Waals surface area contributed by atoms with Gasteiger partial charge in [0.1, 0.15) is 5.82 Å². The molecule has 2 rings (SSSR count). The number of anilines is 1. The molecule has 0 spiro atoms. The molecule has 1 atom stereocenters. The van der Waals surface area contributed by atoms with Gasteiger partial charge in [0.2, 0.25) is 0 Å². The lowest BCUT2D eigenvalue weighted by Crippen LogP contribution is -2.39. The van der Waals surface area contributed by atoms with Gasteiger partial charge in [-0.05, 0) is 38.8 Å². The first-order chi connectivity index (χ1) is 10.1. The van der Waals surface area contributed by atoms with Gasteiger partial charge < -0.3 is 16.0 Å². The van der Waals surface area contributed by atoms with E-state index in [0.717, 1.165) is 13.0 Å². The van der Waals surface area contributed by atoms with Gasteiger partial charge in [-0.1, -0.05) is 18.0 Å². The second kappa shape index (κ2) is 7.61. The van der Waals surface area contributed by atoms with Gasteiger partial charge in [0.15, 0.2) is 0 Å². The molecule has 0 saturated carbocycles. The molecule has 6 heteroatoms. The summed E-state index contributed by atoms with van der Waals surface area (Å²) in [7, 11) is 0. The van der Waals surface area contributed by atoms with Crippen LogP contribution in [0.15, 0.2) is 12.3 Å². The van der Waals surface area contributed by atoms with Gasteiger partial charge >= 0.3 is 0 Å². The minimum absolute atomic E-state index is 0.156. The summed E-state index contributed by atoms with van der Waals surface area (Å²) in [6, 6.07) is 2.21. The second-order valence-electron chi connectivity index (χ2n) is 5.58. The number of aromatic nitrogens is 1. The number of amides is 1. The van der Waals surface area contributed by atoms with Crippen LogP contribution >= 0.6 is 11.6 Å². The Hall–Kier alpha value is -1.33. The summed E-state index contributed by atoms with van der Waals surface area (Å²) in [6.07, 6.45) is 6.29. The lowest BCUT2D eigenvalue weighted by molar-refractivity contribution is 0.0948. The molecule has 1 aliphatic rings. The van der Waals surface area contributed by atoms with Crippen LogP contribution in [0.2, 0.25) is 5.02 Å². The van der Waals surface area contributed by atoms with Crippen molar-refractivity contribution in [2.24, 2.45) is 0 Å². The van der Waals surface area contributed by atoms with E-state index in [2.05, 4.69) is 22.1 Å². The van der Waals surface area contributed by atoms with Crippen LogP contribution in [0.5, 0.6) is 0 Å². The van der Waals surface area contributed by atoms with E-state index in [1.807, 2.05) is 0 Å². The van der Waals surface area contributed by atoms with Crippen molar-refractivity contribution in [1.29, 1.82) is 0 Å². The smallest absolute Gasteiger partial charge is 0.252 e. The Labute approximate surface area is 130 Å². The maximum Gasteiger partial charge on any atom is 0.252 e. The molecule has 5 nitrogen and oxygen atoms in total. The number of carbonyl (C=O) groups excluding carboxylic acids is 1. The fourth-order valence-electron chi connectivity index (χ4n) is 2.65. The Balaban J connectivity index is 1.72. The molecule has 1 saturated heterocycles. The molecule has 1 unspecified atom stereocenters. The summed E-state index contributed by atoms with van der Waals surface area (Å²) in [5.41, 5.74) is 5.97. The summed E-state index contributed by atoms with van der Waals surface area (Å²) < 4.78 is 0. The summed E-state index contributed by atoms with van der Waals surface area (Å²) in [5.74, 6) is 0.0865. The molecule has 0 radical (unpaired) electrons. The van der Waals surface area contributed by atoms with Crippen LogP contribution < -0.4 is 11.1 Å². The minimum atomic E-state index is -0.156. The molecular weight excluding hydrogens is 288 g/mol. The van der Waals surface area contributed by atoms with Crippen LogP contribution in [0.25, 0.3) is 0 Å². The topological polar surface area (TPSA) is 71.2 Å². The van der Waals surface area contributed by atoms with Gasteiger partial charge in [-0.25, -0.2) is 4.98 Å². The number of nitrogens with one attached hydrogen (secondary N) is 1. The number of hydrogen-bond acceptors (Lipinski definition) is 4. The first kappa shape index (κ1) is 16.0. The molecular formula is C15H23ClN4O. The second-order valence-corrected chi connectivity index (χ2v) is 5.99. The number of nitrogens with two attached hydrogens (primary N) is 1. The SMILES string of the molecule is CC1CCCCN1CCCNC(=O)c1cnc(N)c(Cl)c1. The first-order valence-electron chi connectivity index (χ1n) is 7.51. The van der Waals surface area contributed by atoms with E-state index in [1.165, 1.54) is 32.0 Å². The maximum absolute atomic E-state index is 12.0. The van der Waals surface area contributed by atoms with E-state index < -0.39 is 0 Å². The molecule has 1 aromatic rings. The van der Waals surface area contributed by atoms with Crippen molar-refractivity contribution in [1.82, 2.24) is 15.2 Å². The zero-order valence-corrected chi connectivity index (χ0v) is 13.2. The number of carbonyl (C=O) groups is 1. The molecule has 1 aliphatic heterocycles. The normalized spacial score (nSPS) is 19.4. The Morgan fingerprint density at radius 2 is 2.38 bits per heavy atom. The van der Waals surface area contributed by atoms with Gasteiger partial charge in [0.25, 0.3) is 5.91 Å². The monoisotopic (exact) mass is 310 g/mol. The molecule has 0 aliphatic carbocycles. The third kappa shape index (κ3) is 4.58. The number of hydrogen-bond donors (Lipinski definition) is 2. The highest BCUT2D eigenvalue weighted by atomic mass is 35.5. The predicted molar refractivity (Wildman–Crippen MR) is 85.5 cm³/mol. The summed E-state index contributed by atoms with van der Waals surface area (Å²) in [5, 5.41) is 3.20. The number of piperidine rings is 1. The summed E-state index contributed by atoms with van der Waals surface area (Å²) >= 11 is 5.86. The van der Waals surface area contributed by atoms with Gasteiger partial charge in [-0.3, -0.25) is 4.79 Å². The van der Waals surface area contributed by atoms with Crippen molar-refractivity contribution in [2.45, 2.75) is 38.6 Å². The van der Waals surface area contributed by atoms with Gasteiger partial charge in [-0.15, -0.1) is 0 Å². The maximum atomic E-state index is 12.0. The highest BCUT2D eigenvalue weighted by Crippen LogP contribution is 2.17. The Bertz CT molecular complexity index is 495. The van der Waals surface area contributed by atoms with E-state index >= 15 is 0 Å². The van der Waals surface area contributed by atoms with E-state index in [0.29, 0.717) is 23.2 Å². The van der Waals surface area contributed by atoms with Crippen LogP contribution in [0, 0.1) is 0 Å². The lowest BCUT2D eigenvalue weighted by atomic mass is 10.0. The minimum Gasteiger partial charge on any atom is -0.382 e. The third-order valence-electron chi connectivity index (χ3n) is 3.98. The number of rotatable bonds is 5. The quantitative estimate of drug-likeness (QED) is 0.819. The number of likely N-dealkylation sites (tertiary alicyclic amines) is 1. The van der Waals surface area contributed by atoms with Crippen molar-refractivity contribution in [3.63, 3.8) is 0 Å². The Morgan fingerprint density at radius 1 is 1.57 bits per heavy atom. The molecule has 21 heavy (non-hydrogen) atoms. The van der Waals surface area contributed by atoms with Crippen molar-refractivity contribution in [3.8, 4) is 0 Å². The van der Waals surface area contributed by atoms with Crippen molar-refractivity contribution in [2.75, 3.05) is 25.4 Å². The Morgan fingerprint density at radius 3 is 3.10 bits per heavy atom. The molecule has 0 aromatic carbocycles. The molecule has 1 amide bonds. The number of nitrogens with zero attached hydrogens (tertiary/aromatic N) is 2. The molecule has 2 heterocycles. The van der Waals surface area contributed by atoms with E-state index in [-0.39, 0.29) is 11.7 Å². The van der Waals surface area contributed by atoms with Crippen molar-refractivity contribution in [3.05, 3.63) is 22.8 Å². The van der Waals surface area contributed by atoms with Crippen LogP contribution in [0.1, 0.15) is 43.0 Å². The number of nitrogen functional groups attached to an aromatic ring is 1. The highest BCUT2D eigenvalue weighted by Gasteiger charge is 2.17. The van der Waals surface area contributed by atoms with Crippen LogP contribution in [-0.2, 0) is 0 Å². The first-order valence-corrected chi connectivity index (χ1v) is 7.89. The van der Waals surface area contributed by atoms with Gasteiger partial charge in [0.05, 0.1) is 10.6 Å². The zero-order chi connectivity index (χ0) is 15.2. The standard InChI is InChI=1S/C15H23ClN4O/c1-11-5-2-3-7-20(11)8-4-6-18-15(21)12-9-13(16)14(17)19-10-12/h9-11H,2-8H2,1H3,(H2,17,19)(H,18,21). The predicted octanol–water partition coefficient (Wildman–Crippen LogP) is 2.31. The molecule has 1 fully saturated rings. The summed E-state index contributed by atoms with van der Waals surface area (Å²) in [4.78, 5) is 18.3. The van der Waals surface area contributed by atoms with Crippen LogP contribution in [-0.4, -0.2) is 41.5 Å².